The first-order valence-electron chi connectivity index (χ1n) is 11.6. The number of rotatable bonds is 5. The van der Waals surface area contributed by atoms with E-state index >= 15 is 0 Å². The Morgan fingerprint density at radius 2 is 1.29 bits per heavy atom. The van der Waals surface area contributed by atoms with Gasteiger partial charge in [-0.05, 0) is 34.4 Å². The summed E-state index contributed by atoms with van der Waals surface area (Å²) in [4.78, 5) is 29.1. The molecule has 1 heterocycles. The molecule has 174 valence electrons. The number of nitrogens with zero attached hydrogens (tertiary/aromatic N) is 1. The molecule has 1 aliphatic heterocycles. The lowest BCUT2D eigenvalue weighted by Gasteiger charge is -2.37. The van der Waals surface area contributed by atoms with Crippen LogP contribution in [0, 0.1) is 0 Å². The summed E-state index contributed by atoms with van der Waals surface area (Å²) < 4.78 is 0. The van der Waals surface area contributed by atoms with Crippen molar-refractivity contribution < 1.29 is 9.59 Å². The van der Waals surface area contributed by atoms with Crippen LogP contribution >= 0.6 is 11.6 Å². The number of fused-ring (bicyclic) bond motifs is 1. The highest BCUT2D eigenvalue weighted by atomic mass is 35.5. The Bertz CT molecular complexity index is 1300. The van der Waals surface area contributed by atoms with E-state index in [9.17, 15) is 9.59 Å². The zero-order chi connectivity index (χ0) is 24.2. The third-order valence-electron chi connectivity index (χ3n) is 6.47. The molecule has 4 aromatic rings. The molecule has 5 rings (SSSR count). The van der Waals surface area contributed by atoms with Gasteiger partial charge in [-0.15, -0.1) is 0 Å². The topological polar surface area (TPSA) is 49.4 Å². The van der Waals surface area contributed by atoms with Gasteiger partial charge in [0.1, 0.15) is 6.04 Å². The molecule has 0 spiro atoms. The van der Waals surface area contributed by atoms with Gasteiger partial charge in [0.25, 0.3) is 5.91 Å². The summed E-state index contributed by atoms with van der Waals surface area (Å²) >= 11 is 6.36. The first-order valence-corrected chi connectivity index (χ1v) is 12.0. The van der Waals surface area contributed by atoms with Gasteiger partial charge in [0.2, 0.25) is 5.91 Å². The van der Waals surface area contributed by atoms with E-state index in [-0.39, 0.29) is 17.9 Å². The molecule has 5 heteroatoms. The van der Waals surface area contributed by atoms with E-state index in [1.54, 1.807) is 29.2 Å². The molecule has 4 nitrogen and oxygen atoms in total. The van der Waals surface area contributed by atoms with E-state index < -0.39 is 6.04 Å². The smallest absolute Gasteiger partial charge is 0.256 e. The van der Waals surface area contributed by atoms with Gasteiger partial charge < -0.3 is 10.2 Å². The average molecular weight is 481 g/mol. The van der Waals surface area contributed by atoms with Crippen molar-refractivity contribution in [2.24, 2.45) is 0 Å². The Morgan fingerprint density at radius 3 is 1.91 bits per heavy atom. The van der Waals surface area contributed by atoms with Crippen LogP contribution in [-0.4, -0.2) is 22.8 Å². The van der Waals surface area contributed by atoms with E-state index in [1.165, 1.54) is 0 Å². The third-order valence-corrected chi connectivity index (χ3v) is 6.80. The monoisotopic (exact) mass is 480 g/mol. The van der Waals surface area contributed by atoms with Gasteiger partial charge in [-0.2, -0.15) is 0 Å². The second-order valence-electron chi connectivity index (χ2n) is 8.66. The Labute approximate surface area is 210 Å². The van der Waals surface area contributed by atoms with Gasteiger partial charge in [0, 0.05) is 13.0 Å². The molecular weight excluding hydrogens is 456 g/mol. The van der Waals surface area contributed by atoms with Gasteiger partial charge >= 0.3 is 0 Å². The van der Waals surface area contributed by atoms with Gasteiger partial charge in [0.05, 0.1) is 16.6 Å². The van der Waals surface area contributed by atoms with Gasteiger partial charge in [-0.1, -0.05) is 109 Å². The van der Waals surface area contributed by atoms with E-state index in [0.29, 0.717) is 23.6 Å². The van der Waals surface area contributed by atoms with Crippen LogP contribution in [0.25, 0.3) is 0 Å². The maximum absolute atomic E-state index is 13.9. The number of hydrogen-bond donors (Lipinski definition) is 1. The Balaban J connectivity index is 1.50. The summed E-state index contributed by atoms with van der Waals surface area (Å²) in [6, 6.07) is 33.7. The maximum Gasteiger partial charge on any atom is 0.256 e. The summed E-state index contributed by atoms with van der Waals surface area (Å²) in [5, 5.41) is 3.61. The van der Waals surface area contributed by atoms with Crippen molar-refractivity contribution in [2.45, 2.75) is 25.0 Å². The number of carbonyl (C=O) groups excluding carboxylic acids is 2. The van der Waals surface area contributed by atoms with Crippen molar-refractivity contribution in [3.63, 3.8) is 0 Å². The molecule has 0 fully saturated rings. The van der Waals surface area contributed by atoms with Crippen molar-refractivity contribution in [2.75, 3.05) is 0 Å². The Morgan fingerprint density at radius 1 is 0.743 bits per heavy atom. The standard InChI is InChI=1S/C30H25ClN2O2/c31-26-18-10-9-17-25(26)30(35)33-20-24-16-8-7-15-23(24)19-27(33)29(34)32-28(21-11-3-1-4-12-21)22-13-5-2-6-14-22/h1-18,27-28H,19-20H2,(H,32,34)/t27-/m0/s1. The van der Waals surface area contributed by atoms with Crippen molar-refractivity contribution >= 4 is 23.4 Å². The number of hydrogen-bond acceptors (Lipinski definition) is 2. The molecule has 1 N–H and O–H groups in total. The van der Waals surface area contributed by atoms with Gasteiger partial charge in [0.15, 0.2) is 0 Å². The van der Waals surface area contributed by atoms with Gasteiger partial charge in [-0.3, -0.25) is 9.59 Å². The first-order chi connectivity index (χ1) is 17.1. The summed E-state index contributed by atoms with van der Waals surface area (Å²) in [5.74, 6) is -0.446. The van der Waals surface area contributed by atoms with Crippen LogP contribution in [0.1, 0.15) is 38.7 Å². The molecule has 0 bridgehead atoms. The lowest BCUT2D eigenvalue weighted by Crippen LogP contribution is -2.53. The van der Waals surface area contributed by atoms with Crippen LogP contribution in [0.3, 0.4) is 0 Å². The minimum absolute atomic E-state index is 0.197. The molecule has 4 aromatic carbocycles. The van der Waals surface area contributed by atoms with Crippen molar-refractivity contribution in [1.29, 1.82) is 0 Å². The summed E-state index contributed by atoms with van der Waals surface area (Å²) in [6.45, 7) is 0.347. The predicted octanol–water partition coefficient (Wildman–Crippen LogP) is 5.81. The van der Waals surface area contributed by atoms with Crippen LogP contribution in [0.15, 0.2) is 109 Å². The van der Waals surface area contributed by atoms with Crippen LogP contribution in [0.2, 0.25) is 5.02 Å². The Hall–Kier alpha value is -3.89. The van der Waals surface area contributed by atoms with Crippen LogP contribution in [0.4, 0.5) is 0 Å². The fraction of sp³-hybridized carbons (Fsp3) is 0.133. The molecule has 1 atom stereocenters. The van der Waals surface area contributed by atoms with Crippen molar-refractivity contribution in [3.05, 3.63) is 142 Å². The number of halogens is 1. The first kappa shape index (κ1) is 22.9. The van der Waals surface area contributed by atoms with Gasteiger partial charge in [-0.25, -0.2) is 0 Å². The molecule has 0 saturated carbocycles. The third kappa shape index (κ3) is 4.84. The van der Waals surface area contributed by atoms with E-state index in [1.807, 2.05) is 84.9 Å². The molecular formula is C30H25ClN2O2. The minimum Gasteiger partial charge on any atom is -0.343 e. The number of amides is 2. The summed E-state index contributed by atoms with van der Waals surface area (Å²) in [6.07, 6.45) is 0.439. The molecule has 0 saturated heterocycles. The zero-order valence-corrected chi connectivity index (χ0v) is 19.9. The predicted molar refractivity (Wildman–Crippen MR) is 138 cm³/mol. The molecule has 1 aliphatic rings. The van der Waals surface area contributed by atoms with E-state index in [4.69, 9.17) is 11.6 Å². The fourth-order valence-corrected chi connectivity index (χ4v) is 4.87. The quantitative estimate of drug-likeness (QED) is 0.391. The fourth-order valence-electron chi connectivity index (χ4n) is 4.65. The largest absolute Gasteiger partial charge is 0.343 e. The molecule has 0 unspecified atom stereocenters. The SMILES string of the molecule is O=C(NC(c1ccccc1)c1ccccc1)[C@@H]1Cc2ccccc2CN1C(=O)c1ccccc1Cl. The second kappa shape index (κ2) is 10.2. The second-order valence-corrected chi connectivity index (χ2v) is 9.07. The maximum atomic E-state index is 13.9. The molecule has 0 radical (unpaired) electrons. The Kier molecular flexibility index (Phi) is 6.64. The number of carbonyl (C=O) groups is 2. The highest BCUT2D eigenvalue weighted by Crippen LogP contribution is 2.29. The molecule has 2 amide bonds. The van der Waals surface area contributed by atoms with E-state index in [2.05, 4.69) is 5.32 Å². The highest BCUT2D eigenvalue weighted by Gasteiger charge is 2.36. The number of nitrogens with one attached hydrogen (secondary N) is 1. The summed E-state index contributed by atoms with van der Waals surface area (Å²) in [5.41, 5.74) is 4.47. The normalized spacial score (nSPS) is 14.9. The van der Waals surface area contributed by atoms with Crippen LogP contribution < -0.4 is 5.32 Å². The minimum atomic E-state index is -0.663. The lowest BCUT2D eigenvalue weighted by atomic mass is 9.92. The zero-order valence-electron chi connectivity index (χ0n) is 19.1. The molecule has 35 heavy (non-hydrogen) atoms. The van der Waals surface area contributed by atoms with Crippen molar-refractivity contribution in [1.82, 2.24) is 10.2 Å². The average Bonchev–Trinajstić information content (AvgIpc) is 2.91. The molecule has 0 aromatic heterocycles. The van der Waals surface area contributed by atoms with Crippen LogP contribution in [-0.2, 0) is 17.8 Å². The lowest BCUT2D eigenvalue weighted by molar-refractivity contribution is -0.126. The van der Waals surface area contributed by atoms with E-state index in [0.717, 1.165) is 22.3 Å². The highest BCUT2D eigenvalue weighted by molar-refractivity contribution is 6.33. The number of benzene rings is 4. The summed E-state index contributed by atoms with van der Waals surface area (Å²) in [7, 11) is 0. The van der Waals surface area contributed by atoms with Crippen LogP contribution in [0.5, 0.6) is 0 Å². The van der Waals surface area contributed by atoms with Crippen molar-refractivity contribution in [3.8, 4) is 0 Å². The molecule has 0 aliphatic carbocycles.